The normalized spacial score (nSPS) is 12.4. The van der Waals surface area contributed by atoms with Crippen molar-refractivity contribution >= 4 is 34.1 Å². The SMILES string of the molecule is CCN(CC)C(=O)C(C)=C(C)c1nc2ccc(Cl)cc2[nH]1. The molecule has 21 heavy (non-hydrogen) atoms. The van der Waals surface area contributed by atoms with Crippen LogP contribution in [0.15, 0.2) is 23.8 Å². The third kappa shape index (κ3) is 3.10. The van der Waals surface area contributed by atoms with Gasteiger partial charge in [-0.25, -0.2) is 4.98 Å². The summed E-state index contributed by atoms with van der Waals surface area (Å²) in [5, 5.41) is 0.662. The number of aromatic nitrogens is 2. The number of nitrogens with one attached hydrogen (secondary N) is 1. The van der Waals surface area contributed by atoms with Crippen molar-refractivity contribution in [3.05, 3.63) is 34.6 Å². The van der Waals surface area contributed by atoms with Gasteiger partial charge in [-0.3, -0.25) is 4.79 Å². The van der Waals surface area contributed by atoms with Crippen molar-refractivity contribution in [2.45, 2.75) is 27.7 Å². The van der Waals surface area contributed by atoms with Crippen LogP contribution in [0.5, 0.6) is 0 Å². The van der Waals surface area contributed by atoms with Crippen LogP contribution in [0.25, 0.3) is 16.6 Å². The molecule has 0 aliphatic heterocycles. The summed E-state index contributed by atoms with van der Waals surface area (Å²) >= 11 is 5.98. The summed E-state index contributed by atoms with van der Waals surface area (Å²) in [6.07, 6.45) is 0. The summed E-state index contributed by atoms with van der Waals surface area (Å²) in [6, 6.07) is 5.51. The summed E-state index contributed by atoms with van der Waals surface area (Å²) < 4.78 is 0. The van der Waals surface area contributed by atoms with Crippen LogP contribution in [-0.4, -0.2) is 33.9 Å². The van der Waals surface area contributed by atoms with Gasteiger partial charge in [-0.2, -0.15) is 0 Å². The molecule has 0 aliphatic carbocycles. The third-order valence-electron chi connectivity index (χ3n) is 3.73. The molecule has 0 radical (unpaired) electrons. The standard InChI is InChI=1S/C16H20ClN3O/c1-5-20(6-2)16(21)11(4)10(3)15-18-13-8-7-12(17)9-14(13)19-15/h7-9H,5-6H2,1-4H3,(H,18,19). The van der Waals surface area contributed by atoms with Crippen molar-refractivity contribution in [2.75, 3.05) is 13.1 Å². The molecule has 0 aliphatic rings. The Balaban J connectivity index is 2.41. The minimum Gasteiger partial charge on any atom is -0.339 e. The minimum atomic E-state index is 0.0518. The van der Waals surface area contributed by atoms with Crippen LogP contribution in [0.4, 0.5) is 0 Å². The quantitative estimate of drug-likeness (QED) is 0.872. The Morgan fingerprint density at radius 2 is 1.95 bits per heavy atom. The largest absolute Gasteiger partial charge is 0.339 e. The molecular weight excluding hydrogens is 286 g/mol. The highest BCUT2D eigenvalue weighted by Crippen LogP contribution is 2.22. The topological polar surface area (TPSA) is 49.0 Å². The highest BCUT2D eigenvalue weighted by Gasteiger charge is 2.16. The first-order chi connectivity index (χ1) is 9.97. The van der Waals surface area contributed by atoms with E-state index in [1.165, 1.54) is 0 Å². The predicted octanol–water partition coefficient (Wildman–Crippen LogP) is 3.88. The Kier molecular flexibility index (Phi) is 4.68. The average Bonchev–Trinajstić information content (AvgIpc) is 2.89. The van der Waals surface area contributed by atoms with Gasteiger partial charge in [-0.15, -0.1) is 0 Å². The fourth-order valence-corrected chi connectivity index (χ4v) is 2.42. The van der Waals surface area contributed by atoms with Crippen LogP contribution in [0, 0.1) is 0 Å². The van der Waals surface area contributed by atoms with Crippen molar-refractivity contribution in [1.29, 1.82) is 0 Å². The molecule has 1 N–H and O–H groups in total. The van der Waals surface area contributed by atoms with Gasteiger partial charge in [0.25, 0.3) is 0 Å². The molecule has 0 saturated heterocycles. The molecule has 1 heterocycles. The molecule has 0 fully saturated rings. The van der Waals surface area contributed by atoms with Gasteiger partial charge < -0.3 is 9.88 Å². The van der Waals surface area contributed by atoms with E-state index in [1.807, 2.05) is 45.9 Å². The Labute approximate surface area is 129 Å². The number of likely N-dealkylation sites (N-methyl/N-ethyl adjacent to an activating group) is 1. The zero-order chi connectivity index (χ0) is 15.6. The van der Waals surface area contributed by atoms with Crippen molar-refractivity contribution in [2.24, 2.45) is 0 Å². The average molecular weight is 306 g/mol. The van der Waals surface area contributed by atoms with Crippen LogP contribution < -0.4 is 0 Å². The predicted molar refractivity (Wildman–Crippen MR) is 87.3 cm³/mol. The van der Waals surface area contributed by atoms with E-state index < -0.39 is 0 Å². The van der Waals surface area contributed by atoms with E-state index in [9.17, 15) is 4.79 Å². The summed E-state index contributed by atoms with van der Waals surface area (Å²) in [7, 11) is 0. The van der Waals surface area contributed by atoms with E-state index >= 15 is 0 Å². The molecule has 5 heteroatoms. The number of hydrogen-bond donors (Lipinski definition) is 1. The first-order valence-electron chi connectivity index (χ1n) is 7.10. The summed E-state index contributed by atoms with van der Waals surface area (Å²) in [5.74, 6) is 0.765. The molecule has 0 atom stereocenters. The number of benzene rings is 1. The van der Waals surface area contributed by atoms with E-state index in [-0.39, 0.29) is 5.91 Å². The van der Waals surface area contributed by atoms with Gasteiger partial charge in [0.1, 0.15) is 5.82 Å². The van der Waals surface area contributed by atoms with E-state index in [0.717, 1.165) is 16.6 Å². The maximum atomic E-state index is 12.4. The molecule has 0 unspecified atom stereocenters. The second kappa shape index (κ2) is 6.31. The van der Waals surface area contributed by atoms with Gasteiger partial charge in [0.15, 0.2) is 0 Å². The van der Waals surface area contributed by atoms with Gasteiger partial charge >= 0.3 is 0 Å². The molecule has 0 saturated carbocycles. The lowest BCUT2D eigenvalue weighted by molar-refractivity contribution is -0.126. The zero-order valence-electron chi connectivity index (χ0n) is 12.8. The number of aromatic amines is 1. The molecule has 0 bridgehead atoms. The van der Waals surface area contributed by atoms with Crippen LogP contribution in [0.1, 0.15) is 33.5 Å². The van der Waals surface area contributed by atoms with Crippen molar-refractivity contribution in [3.63, 3.8) is 0 Å². The molecule has 4 nitrogen and oxygen atoms in total. The highest BCUT2D eigenvalue weighted by molar-refractivity contribution is 6.31. The molecule has 112 valence electrons. The Morgan fingerprint density at radius 1 is 1.29 bits per heavy atom. The number of rotatable bonds is 4. The van der Waals surface area contributed by atoms with Gasteiger partial charge in [0.05, 0.1) is 11.0 Å². The molecule has 1 aromatic heterocycles. The molecular formula is C16H20ClN3O. The smallest absolute Gasteiger partial charge is 0.249 e. The minimum absolute atomic E-state index is 0.0518. The third-order valence-corrected chi connectivity index (χ3v) is 3.97. The number of imidazole rings is 1. The molecule has 2 aromatic rings. The number of halogens is 1. The summed E-state index contributed by atoms with van der Waals surface area (Å²) in [6.45, 7) is 9.12. The van der Waals surface area contributed by atoms with Gasteiger partial charge in [0.2, 0.25) is 5.91 Å². The second-order valence-electron chi connectivity index (χ2n) is 4.97. The van der Waals surface area contributed by atoms with Crippen LogP contribution in [-0.2, 0) is 4.79 Å². The van der Waals surface area contributed by atoms with Crippen molar-refractivity contribution in [1.82, 2.24) is 14.9 Å². The summed E-state index contributed by atoms with van der Waals surface area (Å²) in [5.41, 5.74) is 3.29. The van der Waals surface area contributed by atoms with Crippen LogP contribution in [0.3, 0.4) is 0 Å². The summed E-state index contributed by atoms with van der Waals surface area (Å²) in [4.78, 5) is 21.9. The number of carbonyl (C=O) groups is 1. The first-order valence-corrected chi connectivity index (χ1v) is 7.48. The molecule has 1 amide bonds. The molecule has 1 aromatic carbocycles. The zero-order valence-corrected chi connectivity index (χ0v) is 13.6. The Morgan fingerprint density at radius 3 is 2.57 bits per heavy atom. The van der Waals surface area contributed by atoms with Crippen LogP contribution in [0.2, 0.25) is 5.02 Å². The monoisotopic (exact) mass is 305 g/mol. The lowest BCUT2D eigenvalue weighted by Gasteiger charge is -2.19. The van der Waals surface area contributed by atoms with E-state index in [0.29, 0.717) is 29.5 Å². The Bertz CT molecular complexity index is 699. The number of fused-ring (bicyclic) bond motifs is 1. The lowest BCUT2D eigenvalue weighted by Crippen LogP contribution is -2.31. The number of amides is 1. The maximum absolute atomic E-state index is 12.4. The van der Waals surface area contributed by atoms with Gasteiger partial charge in [0, 0.05) is 29.3 Å². The number of hydrogen-bond acceptors (Lipinski definition) is 2. The fourth-order valence-electron chi connectivity index (χ4n) is 2.25. The molecule has 0 spiro atoms. The number of H-pyrrole nitrogens is 1. The van der Waals surface area contributed by atoms with E-state index in [1.54, 1.807) is 4.90 Å². The number of nitrogens with zero attached hydrogens (tertiary/aromatic N) is 2. The fraction of sp³-hybridized carbons (Fsp3) is 0.375. The van der Waals surface area contributed by atoms with E-state index in [2.05, 4.69) is 9.97 Å². The van der Waals surface area contributed by atoms with Gasteiger partial charge in [-0.05, 0) is 45.9 Å². The van der Waals surface area contributed by atoms with E-state index in [4.69, 9.17) is 11.6 Å². The van der Waals surface area contributed by atoms with Gasteiger partial charge in [-0.1, -0.05) is 11.6 Å². The van der Waals surface area contributed by atoms with Crippen molar-refractivity contribution in [3.8, 4) is 0 Å². The highest BCUT2D eigenvalue weighted by atomic mass is 35.5. The first kappa shape index (κ1) is 15.6. The number of allylic oxidation sites excluding steroid dienone is 1. The second-order valence-corrected chi connectivity index (χ2v) is 5.41. The molecule has 2 rings (SSSR count). The van der Waals surface area contributed by atoms with Crippen LogP contribution >= 0.6 is 11.6 Å². The maximum Gasteiger partial charge on any atom is 0.249 e. The Hall–Kier alpha value is -1.81. The number of carbonyl (C=O) groups excluding carboxylic acids is 1. The van der Waals surface area contributed by atoms with Crippen molar-refractivity contribution < 1.29 is 4.79 Å². The lowest BCUT2D eigenvalue weighted by atomic mass is 10.1.